The van der Waals surface area contributed by atoms with Gasteiger partial charge in [0.1, 0.15) is 0 Å². The first kappa shape index (κ1) is 19.5. The topological polar surface area (TPSA) is 79.4 Å². The highest BCUT2D eigenvalue weighted by molar-refractivity contribution is 7.89. The highest BCUT2D eigenvalue weighted by atomic mass is 32.2. The molecule has 0 fully saturated rings. The van der Waals surface area contributed by atoms with Crippen molar-refractivity contribution >= 4 is 43.2 Å². The van der Waals surface area contributed by atoms with E-state index in [0.29, 0.717) is 29.9 Å². The van der Waals surface area contributed by atoms with Gasteiger partial charge < -0.3 is 5.32 Å². The van der Waals surface area contributed by atoms with Gasteiger partial charge in [0.15, 0.2) is 0 Å². The molecule has 1 heterocycles. The van der Waals surface area contributed by atoms with Crippen molar-refractivity contribution in [2.75, 3.05) is 18.4 Å². The number of fused-ring (bicyclic) bond motifs is 1. The number of carbonyl (C=O) groups excluding carboxylic acids is 1. The normalized spacial score (nSPS) is 11.9. The Labute approximate surface area is 162 Å². The van der Waals surface area contributed by atoms with Crippen molar-refractivity contribution in [2.45, 2.75) is 25.7 Å². The first-order valence-electron chi connectivity index (χ1n) is 8.62. The summed E-state index contributed by atoms with van der Waals surface area (Å²) in [4.78, 5) is 17.0. The Bertz CT molecular complexity index is 1090. The van der Waals surface area contributed by atoms with Gasteiger partial charge in [0.2, 0.25) is 10.0 Å². The molecule has 1 N–H and O–H groups in total. The monoisotopic (exact) mass is 403 g/mol. The molecule has 2 aromatic carbocycles. The van der Waals surface area contributed by atoms with Crippen molar-refractivity contribution in [3.63, 3.8) is 0 Å². The summed E-state index contributed by atoms with van der Waals surface area (Å²) in [7, 11) is -3.60. The maximum atomic E-state index is 12.8. The maximum absolute atomic E-state index is 12.8. The smallest absolute Gasteiger partial charge is 0.255 e. The first-order chi connectivity index (χ1) is 12.9. The third-order valence-electron chi connectivity index (χ3n) is 4.36. The molecule has 0 aliphatic rings. The number of rotatable bonds is 6. The Hall–Kier alpha value is -2.29. The van der Waals surface area contributed by atoms with Crippen molar-refractivity contribution < 1.29 is 13.2 Å². The van der Waals surface area contributed by atoms with Crippen molar-refractivity contribution in [1.29, 1.82) is 0 Å². The molecule has 0 radical (unpaired) electrons. The molecule has 6 nitrogen and oxygen atoms in total. The minimum Gasteiger partial charge on any atom is -0.322 e. The second-order valence-electron chi connectivity index (χ2n) is 6.06. The standard InChI is InChI=1S/C19H21N3O3S2/c1-4-22(5-2)27(24,25)18-11-15(8-6-13(18)3)21-19(23)14-7-9-16-17(10-14)26-12-20-16/h6-12H,4-5H2,1-3H3,(H,21,23). The zero-order chi connectivity index (χ0) is 19.6. The second-order valence-corrected chi connectivity index (χ2v) is 8.85. The summed E-state index contributed by atoms with van der Waals surface area (Å²) in [6.07, 6.45) is 0. The van der Waals surface area contributed by atoms with Crippen LogP contribution in [0.25, 0.3) is 10.2 Å². The largest absolute Gasteiger partial charge is 0.322 e. The SMILES string of the molecule is CCN(CC)S(=O)(=O)c1cc(NC(=O)c2ccc3ncsc3c2)ccc1C. The van der Waals surface area contributed by atoms with Crippen molar-refractivity contribution in [1.82, 2.24) is 9.29 Å². The van der Waals surface area contributed by atoms with Gasteiger partial charge in [-0.2, -0.15) is 4.31 Å². The van der Waals surface area contributed by atoms with E-state index in [0.717, 1.165) is 10.2 Å². The molecule has 0 aliphatic carbocycles. The lowest BCUT2D eigenvalue weighted by Crippen LogP contribution is -2.31. The molecular weight excluding hydrogens is 382 g/mol. The average molecular weight is 404 g/mol. The van der Waals surface area contributed by atoms with E-state index in [2.05, 4.69) is 10.3 Å². The summed E-state index contributed by atoms with van der Waals surface area (Å²) >= 11 is 1.47. The van der Waals surface area contributed by atoms with E-state index in [1.54, 1.807) is 56.6 Å². The predicted octanol–water partition coefficient (Wildman–Crippen LogP) is 3.89. The highest BCUT2D eigenvalue weighted by Crippen LogP contribution is 2.25. The zero-order valence-corrected chi connectivity index (χ0v) is 17.0. The molecule has 0 bridgehead atoms. The summed E-state index contributed by atoms with van der Waals surface area (Å²) in [5, 5.41) is 2.79. The van der Waals surface area contributed by atoms with Gasteiger partial charge in [-0.15, -0.1) is 11.3 Å². The fourth-order valence-electron chi connectivity index (χ4n) is 2.86. The Balaban J connectivity index is 1.90. The highest BCUT2D eigenvalue weighted by Gasteiger charge is 2.24. The summed E-state index contributed by atoms with van der Waals surface area (Å²) in [5.74, 6) is -0.291. The van der Waals surface area contributed by atoms with Crippen LogP contribution >= 0.6 is 11.3 Å². The van der Waals surface area contributed by atoms with Gasteiger partial charge in [-0.3, -0.25) is 4.79 Å². The van der Waals surface area contributed by atoms with Crippen LogP contribution in [0.1, 0.15) is 29.8 Å². The van der Waals surface area contributed by atoms with E-state index >= 15 is 0 Å². The zero-order valence-electron chi connectivity index (χ0n) is 15.4. The molecule has 0 atom stereocenters. The van der Waals surface area contributed by atoms with Gasteiger partial charge in [-0.05, 0) is 42.8 Å². The number of aromatic nitrogens is 1. The Kier molecular flexibility index (Phi) is 5.59. The lowest BCUT2D eigenvalue weighted by molar-refractivity contribution is 0.102. The van der Waals surface area contributed by atoms with Crippen LogP contribution in [0.15, 0.2) is 46.8 Å². The maximum Gasteiger partial charge on any atom is 0.255 e. The van der Waals surface area contributed by atoms with Crippen LogP contribution < -0.4 is 5.32 Å². The molecular formula is C19H21N3O3S2. The van der Waals surface area contributed by atoms with E-state index in [-0.39, 0.29) is 10.8 Å². The molecule has 0 spiro atoms. The van der Waals surface area contributed by atoms with E-state index < -0.39 is 10.0 Å². The summed E-state index contributed by atoms with van der Waals surface area (Å²) in [6.45, 7) is 6.14. The van der Waals surface area contributed by atoms with Crippen LogP contribution in [-0.4, -0.2) is 36.7 Å². The quantitative estimate of drug-likeness (QED) is 0.677. The number of anilines is 1. The number of benzene rings is 2. The summed E-state index contributed by atoms with van der Waals surface area (Å²) in [5.41, 5.74) is 4.17. The van der Waals surface area contributed by atoms with E-state index in [1.165, 1.54) is 21.7 Å². The average Bonchev–Trinajstić information content (AvgIpc) is 3.11. The number of aryl methyl sites for hydroxylation is 1. The number of sulfonamides is 1. The number of carbonyl (C=O) groups is 1. The number of amides is 1. The number of hydrogen-bond donors (Lipinski definition) is 1. The fraction of sp³-hybridized carbons (Fsp3) is 0.263. The third kappa shape index (κ3) is 3.87. The van der Waals surface area contributed by atoms with Crippen LogP contribution in [0.3, 0.4) is 0 Å². The lowest BCUT2D eigenvalue weighted by Gasteiger charge is -2.20. The van der Waals surface area contributed by atoms with E-state index in [1.807, 2.05) is 0 Å². The van der Waals surface area contributed by atoms with Gasteiger partial charge in [0.25, 0.3) is 5.91 Å². The van der Waals surface area contributed by atoms with Gasteiger partial charge in [-0.1, -0.05) is 19.9 Å². The third-order valence-corrected chi connectivity index (χ3v) is 7.35. The lowest BCUT2D eigenvalue weighted by atomic mass is 10.2. The van der Waals surface area contributed by atoms with Crippen LogP contribution in [0, 0.1) is 6.92 Å². The molecule has 0 saturated heterocycles. The van der Waals surface area contributed by atoms with Crippen LogP contribution in [0.2, 0.25) is 0 Å². The summed E-state index contributed by atoms with van der Waals surface area (Å²) in [6, 6.07) is 10.2. The second kappa shape index (κ2) is 7.75. The van der Waals surface area contributed by atoms with Crippen LogP contribution in [0.4, 0.5) is 5.69 Å². The van der Waals surface area contributed by atoms with Gasteiger partial charge >= 0.3 is 0 Å². The van der Waals surface area contributed by atoms with E-state index in [9.17, 15) is 13.2 Å². The molecule has 1 amide bonds. The van der Waals surface area contributed by atoms with Crippen LogP contribution in [0.5, 0.6) is 0 Å². The number of hydrogen-bond acceptors (Lipinski definition) is 5. The number of nitrogens with one attached hydrogen (secondary N) is 1. The van der Waals surface area contributed by atoms with E-state index in [4.69, 9.17) is 0 Å². The first-order valence-corrected chi connectivity index (χ1v) is 10.9. The van der Waals surface area contributed by atoms with Crippen LogP contribution in [-0.2, 0) is 10.0 Å². The molecule has 27 heavy (non-hydrogen) atoms. The fourth-order valence-corrected chi connectivity index (χ4v) is 5.28. The van der Waals surface area contributed by atoms with Crippen molar-refractivity contribution in [3.8, 4) is 0 Å². The molecule has 0 aliphatic heterocycles. The van der Waals surface area contributed by atoms with Gasteiger partial charge in [0.05, 0.1) is 20.6 Å². The van der Waals surface area contributed by atoms with Gasteiger partial charge in [0, 0.05) is 24.3 Å². The molecule has 0 unspecified atom stereocenters. The molecule has 8 heteroatoms. The van der Waals surface area contributed by atoms with Gasteiger partial charge in [-0.25, -0.2) is 13.4 Å². The Morgan fingerprint density at radius 3 is 2.59 bits per heavy atom. The Morgan fingerprint density at radius 1 is 1.15 bits per heavy atom. The molecule has 3 aromatic rings. The molecule has 3 rings (SSSR count). The minimum atomic E-state index is -3.60. The molecule has 1 aromatic heterocycles. The molecule has 0 saturated carbocycles. The van der Waals surface area contributed by atoms with Crippen molar-refractivity contribution in [2.24, 2.45) is 0 Å². The summed E-state index contributed by atoms with van der Waals surface area (Å²) < 4.78 is 28.0. The van der Waals surface area contributed by atoms with Crippen molar-refractivity contribution in [3.05, 3.63) is 53.0 Å². The minimum absolute atomic E-state index is 0.210. The molecule has 142 valence electrons. The predicted molar refractivity (Wildman–Crippen MR) is 109 cm³/mol. The Morgan fingerprint density at radius 2 is 1.89 bits per heavy atom. The number of thiazole rings is 1. The number of nitrogens with zero attached hydrogens (tertiary/aromatic N) is 2.